The number of carboxylic acids is 1. The number of hydrogen-bond acceptors (Lipinski definition) is 5. The molecular formula is C38H53FN4O3. The SMILES string of the molecule is CCC(C)C(C(=O)O)N1CC(CN2CCC(c3cc(Cc4ccc(OC(C)(C)C)cc4)nn3CC)CC2)C(c2cccc(F)c2)C1. The molecule has 1 aromatic heterocycles. The minimum Gasteiger partial charge on any atom is -0.488 e. The molecule has 3 aromatic rings. The van der Waals surface area contributed by atoms with E-state index in [1.54, 1.807) is 12.1 Å². The first-order valence-electron chi connectivity index (χ1n) is 17.2. The summed E-state index contributed by atoms with van der Waals surface area (Å²) in [6.45, 7) is 17.5. The van der Waals surface area contributed by atoms with Gasteiger partial charge < -0.3 is 14.7 Å². The van der Waals surface area contributed by atoms with Gasteiger partial charge in [0.2, 0.25) is 0 Å². The zero-order valence-corrected chi connectivity index (χ0v) is 28.6. The van der Waals surface area contributed by atoms with Crippen molar-refractivity contribution < 1.29 is 19.0 Å². The van der Waals surface area contributed by atoms with Crippen LogP contribution in [0.4, 0.5) is 4.39 Å². The zero-order valence-electron chi connectivity index (χ0n) is 28.6. The van der Waals surface area contributed by atoms with E-state index in [1.807, 2.05) is 25.1 Å². The Kier molecular flexibility index (Phi) is 10.9. The van der Waals surface area contributed by atoms with Crippen LogP contribution in [0.15, 0.2) is 54.6 Å². The van der Waals surface area contributed by atoms with Gasteiger partial charge in [0.1, 0.15) is 23.2 Å². The highest BCUT2D eigenvalue weighted by atomic mass is 19.1. The summed E-state index contributed by atoms with van der Waals surface area (Å²) in [4.78, 5) is 17.0. The number of aromatic nitrogens is 2. The second-order valence-electron chi connectivity index (χ2n) is 14.5. The van der Waals surface area contributed by atoms with Crippen molar-refractivity contribution in [1.82, 2.24) is 19.6 Å². The molecule has 0 spiro atoms. The minimum atomic E-state index is -0.757. The summed E-state index contributed by atoms with van der Waals surface area (Å²) in [5.74, 6) is 0.761. The average Bonchev–Trinajstić information content (AvgIpc) is 3.61. The van der Waals surface area contributed by atoms with Crippen molar-refractivity contribution >= 4 is 5.97 Å². The molecular weight excluding hydrogens is 579 g/mol. The van der Waals surface area contributed by atoms with Gasteiger partial charge in [-0.3, -0.25) is 14.4 Å². The van der Waals surface area contributed by atoms with Crippen molar-refractivity contribution in [3.63, 3.8) is 0 Å². The van der Waals surface area contributed by atoms with E-state index in [0.29, 0.717) is 12.5 Å². The topological polar surface area (TPSA) is 70.8 Å². The molecule has 2 aromatic carbocycles. The fourth-order valence-corrected chi connectivity index (χ4v) is 7.55. The number of piperidine rings is 1. The Morgan fingerprint density at radius 3 is 2.39 bits per heavy atom. The van der Waals surface area contributed by atoms with Crippen LogP contribution in [0.3, 0.4) is 0 Å². The molecule has 4 atom stereocenters. The monoisotopic (exact) mass is 632 g/mol. The normalized spacial score (nSPS) is 21.4. The summed E-state index contributed by atoms with van der Waals surface area (Å²) >= 11 is 0. The highest BCUT2D eigenvalue weighted by Gasteiger charge is 2.42. The standard InChI is InChI=1S/C38H53FN4O3/c1-7-26(3)36(37(44)45)42-24-30(34(25-42)29-10-9-11-31(39)21-29)23-41-18-16-28(17-19-41)35-22-32(40-43(35)8-2)20-27-12-14-33(15-13-27)46-38(4,5)6/h9-15,21-22,26,28,30,34,36H,7-8,16-20,23-25H2,1-6H3,(H,44,45). The molecule has 2 fully saturated rings. The largest absolute Gasteiger partial charge is 0.488 e. The molecule has 0 bridgehead atoms. The fraction of sp³-hybridized carbons (Fsp3) is 0.579. The van der Waals surface area contributed by atoms with Gasteiger partial charge in [-0.2, -0.15) is 5.10 Å². The number of carboxylic acid groups (broad SMARTS) is 1. The average molecular weight is 633 g/mol. The van der Waals surface area contributed by atoms with Crippen LogP contribution >= 0.6 is 0 Å². The lowest BCUT2D eigenvalue weighted by Gasteiger charge is -2.35. The summed E-state index contributed by atoms with van der Waals surface area (Å²) in [7, 11) is 0. The number of aliphatic carboxylic acids is 1. The third-order valence-electron chi connectivity index (χ3n) is 9.97. The van der Waals surface area contributed by atoms with Crippen LogP contribution in [0.1, 0.15) is 95.2 Å². The van der Waals surface area contributed by atoms with Crippen LogP contribution in [-0.2, 0) is 17.8 Å². The molecule has 0 radical (unpaired) electrons. The van der Waals surface area contributed by atoms with Crippen LogP contribution in [0.5, 0.6) is 5.75 Å². The van der Waals surface area contributed by atoms with Gasteiger partial charge in [-0.1, -0.05) is 44.5 Å². The molecule has 2 saturated heterocycles. The van der Waals surface area contributed by atoms with E-state index in [-0.39, 0.29) is 29.2 Å². The lowest BCUT2D eigenvalue weighted by Crippen LogP contribution is -2.45. The Morgan fingerprint density at radius 2 is 1.78 bits per heavy atom. The maximum Gasteiger partial charge on any atom is 0.321 e. The van der Waals surface area contributed by atoms with Gasteiger partial charge in [-0.15, -0.1) is 0 Å². The smallest absolute Gasteiger partial charge is 0.321 e. The van der Waals surface area contributed by atoms with E-state index in [0.717, 1.165) is 75.4 Å². The number of carbonyl (C=O) groups is 1. The molecule has 4 unspecified atom stereocenters. The number of likely N-dealkylation sites (tertiary alicyclic amines) is 2. The molecule has 46 heavy (non-hydrogen) atoms. The van der Waals surface area contributed by atoms with Crippen LogP contribution in [0.25, 0.3) is 0 Å². The molecule has 0 amide bonds. The van der Waals surface area contributed by atoms with Crippen molar-refractivity contribution in [2.75, 3.05) is 32.7 Å². The van der Waals surface area contributed by atoms with Gasteiger partial charge in [0.25, 0.3) is 0 Å². The first-order valence-corrected chi connectivity index (χ1v) is 17.2. The number of aryl methyl sites for hydroxylation is 1. The Balaban J connectivity index is 1.23. The molecule has 2 aliphatic rings. The Morgan fingerprint density at radius 1 is 1.07 bits per heavy atom. The highest BCUT2D eigenvalue weighted by molar-refractivity contribution is 5.74. The van der Waals surface area contributed by atoms with Crippen molar-refractivity contribution in [3.8, 4) is 5.75 Å². The zero-order chi connectivity index (χ0) is 33.0. The van der Waals surface area contributed by atoms with Crippen LogP contribution in [0.2, 0.25) is 0 Å². The molecule has 0 saturated carbocycles. The van der Waals surface area contributed by atoms with Gasteiger partial charge in [0.05, 0.1) is 5.69 Å². The number of rotatable bonds is 12. The lowest BCUT2D eigenvalue weighted by atomic mass is 9.87. The summed E-state index contributed by atoms with van der Waals surface area (Å²) < 4.78 is 22.5. The summed E-state index contributed by atoms with van der Waals surface area (Å²) in [5.41, 5.74) is 4.41. The first kappa shape index (κ1) is 34.1. The second-order valence-corrected chi connectivity index (χ2v) is 14.5. The van der Waals surface area contributed by atoms with E-state index in [2.05, 4.69) is 67.3 Å². The van der Waals surface area contributed by atoms with Crippen LogP contribution in [-0.4, -0.2) is 75.0 Å². The molecule has 7 nitrogen and oxygen atoms in total. The fourth-order valence-electron chi connectivity index (χ4n) is 7.55. The molecule has 2 aliphatic heterocycles. The predicted molar refractivity (Wildman–Crippen MR) is 181 cm³/mol. The van der Waals surface area contributed by atoms with Crippen molar-refractivity contribution in [2.45, 2.75) is 97.2 Å². The van der Waals surface area contributed by atoms with E-state index in [1.165, 1.54) is 17.3 Å². The van der Waals surface area contributed by atoms with Gasteiger partial charge >= 0.3 is 5.97 Å². The lowest BCUT2D eigenvalue weighted by molar-refractivity contribution is -0.145. The molecule has 3 heterocycles. The predicted octanol–water partition coefficient (Wildman–Crippen LogP) is 7.20. The molecule has 1 N–H and O–H groups in total. The number of nitrogens with zero attached hydrogens (tertiary/aromatic N) is 4. The van der Waals surface area contributed by atoms with Crippen molar-refractivity contribution in [2.24, 2.45) is 11.8 Å². The van der Waals surface area contributed by atoms with E-state index in [9.17, 15) is 14.3 Å². The summed E-state index contributed by atoms with van der Waals surface area (Å²) in [5, 5.41) is 15.1. The van der Waals surface area contributed by atoms with Crippen LogP contribution < -0.4 is 4.74 Å². The minimum absolute atomic E-state index is 0.0512. The maximum atomic E-state index is 14.3. The van der Waals surface area contributed by atoms with Crippen molar-refractivity contribution in [3.05, 3.63) is 82.9 Å². The maximum absolute atomic E-state index is 14.3. The second kappa shape index (κ2) is 14.7. The van der Waals surface area contributed by atoms with E-state index < -0.39 is 12.0 Å². The summed E-state index contributed by atoms with van der Waals surface area (Å²) in [6.07, 6.45) is 3.73. The molecule has 250 valence electrons. The van der Waals surface area contributed by atoms with E-state index in [4.69, 9.17) is 9.84 Å². The quantitative estimate of drug-likeness (QED) is 0.228. The Bertz CT molecular complexity index is 1440. The van der Waals surface area contributed by atoms with Gasteiger partial charge in [0, 0.05) is 50.1 Å². The Hall–Kier alpha value is -3.23. The van der Waals surface area contributed by atoms with Gasteiger partial charge in [0.15, 0.2) is 0 Å². The Labute approximate surface area is 274 Å². The summed E-state index contributed by atoms with van der Waals surface area (Å²) in [6, 6.07) is 17.1. The first-order chi connectivity index (χ1) is 21.9. The number of ether oxygens (including phenoxy) is 1. The van der Waals surface area contributed by atoms with E-state index >= 15 is 0 Å². The van der Waals surface area contributed by atoms with Crippen molar-refractivity contribution in [1.29, 1.82) is 0 Å². The number of benzene rings is 2. The van der Waals surface area contributed by atoms with Gasteiger partial charge in [-0.05, 0) is 107 Å². The molecule has 8 heteroatoms. The molecule has 0 aliphatic carbocycles. The molecule has 5 rings (SSSR count). The van der Waals surface area contributed by atoms with Crippen LogP contribution in [0, 0.1) is 17.7 Å². The third-order valence-corrected chi connectivity index (χ3v) is 9.97. The third kappa shape index (κ3) is 8.37. The number of hydrogen-bond donors (Lipinski definition) is 1. The van der Waals surface area contributed by atoms with Gasteiger partial charge in [-0.25, -0.2) is 4.39 Å². The number of halogens is 1. The highest BCUT2D eigenvalue weighted by Crippen LogP contribution is 2.38.